The number of hydrogen-bond donors (Lipinski definition) is 1. The zero-order chi connectivity index (χ0) is 7.98. The molecule has 0 heterocycles. The van der Waals surface area contributed by atoms with Crippen molar-refractivity contribution in [2.45, 2.75) is 6.29 Å². The van der Waals surface area contributed by atoms with Crippen LogP contribution in [0, 0.1) is 0 Å². The molecule has 0 bridgehead atoms. The van der Waals surface area contributed by atoms with E-state index in [1.54, 1.807) is 0 Å². The van der Waals surface area contributed by atoms with Crippen molar-refractivity contribution < 1.29 is 19.5 Å². The Kier molecular flexibility index (Phi) is 4.43. The highest BCUT2D eigenvalue weighted by Gasteiger charge is 2.13. The predicted octanol–water partition coefficient (Wildman–Crippen LogP) is -0.366. The van der Waals surface area contributed by atoms with Crippen molar-refractivity contribution in [3.05, 3.63) is 0 Å². The van der Waals surface area contributed by atoms with E-state index >= 15 is 0 Å². The van der Waals surface area contributed by atoms with Gasteiger partial charge in [-0.2, -0.15) is 0 Å². The number of carbonyl (C=O) groups is 1. The van der Waals surface area contributed by atoms with E-state index in [2.05, 4.69) is 14.6 Å². The molecule has 0 spiro atoms. The molecular formula is C5H9NO4. The lowest BCUT2D eigenvalue weighted by Crippen LogP contribution is -2.25. The fourth-order valence-corrected chi connectivity index (χ4v) is 0.464. The molecule has 0 aromatic carbocycles. The standard InChI is InChI=1S/C5H9NO4/c1-9-5(10-2)4(3-7)6-8/h3,5,8H,1-2H3/b6-4-. The number of aldehydes is 1. The van der Waals surface area contributed by atoms with Crippen LogP contribution in [-0.4, -0.2) is 37.7 Å². The van der Waals surface area contributed by atoms with Crippen LogP contribution in [0.1, 0.15) is 0 Å². The molecule has 0 atom stereocenters. The Morgan fingerprint density at radius 3 is 2.20 bits per heavy atom. The number of hydrogen-bond acceptors (Lipinski definition) is 5. The third kappa shape index (κ3) is 2.12. The number of ether oxygens (including phenoxy) is 2. The molecule has 5 nitrogen and oxygen atoms in total. The van der Waals surface area contributed by atoms with E-state index in [1.807, 2.05) is 0 Å². The maximum atomic E-state index is 10.0. The second-order valence-corrected chi connectivity index (χ2v) is 1.45. The van der Waals surface area contributed by atoms with E-state index in [1.165, 1.54) is 14.2 Å². The first kappa shape index (κ1) is 9.06. The molecule has 0 aliphatic carbocycles. The molecule has 1 N–H and O–H groups in total. The number of nitrogens with zero attached hydrogens (tertiary/aromatic N) is 1. The van der Waals surface area contributed by atoms with Crippen molar-refractivity contribution in [1.82, 2.24) is 0 Å². The van der Waals surface area contributed by atoms with Crippen LogP contribution >= 0.6 is 0 Å². The van der Waals surface area contributed by atoms with Crippen LogP contribution in [0.15, 0.2) is 5.16 Å². The summed E-state index contributed by atoms with van der Waals surface area (Å²) >= 11 is 0. The third-order valence-corrected chi connectivity index (χ3v) is 0.906. The molecular weight excluding hydrogens is 138 g/mol. The lowest BCUT2D eigenvalue weighted by Gasteiger charge is -2.09. The average Bonchev–Trinajstić information content (AvgIpc) is 2.00. The largest absolute Gasteiger partial charge is 0.410 e. The Labute approximate surface area is 58.2 Å². The summed E-state index contributed by atoms with van der Waals surface area (Å²) in [6.07, 6.45) is -0.528. The van der Waals surface area contributed by atoms with Crippen LogP contribution in [-0.2, 0) is 14.3 Å². The van der Waals surface area contributed by atoms with Crippen LogP contribution < -0.4 is 0 Å². The lowest BCUT2D eigenvalue weighted by molar-refractivity contribution is -0.106. The van der Waals surface area contributed by atoms with Gasteiger partial charge in [-0.25, -0.2) is 0 Å². The summed E-state index contributed by atoms with van der Waals surface area (Å²) in [6.45, 7) is 0. The summed E-state index contributed by atoms with van der Waals surface area (Å²) in [5.74, 6) is 0. The second kappa shape index (κ2) is 4.89. The van der Waals surface area contributed by atoms with Crippen LogP contribution in [0.25, 0.3) is 0 Å². The van der Waals surface area contributed by atoms with Crippen molar-refractivity contribution in [2.75, 3.05) is 14.2 Å². The first-order valence-electron chi connectivity index (χ1n) is 2.52. The van der Waals surface area contributed by atoms with Gasteiger partial charge in [-0.15, -0.1) is 0 Å². The highest BCUT2D eigenvalue weighted by atomic mass is 16.7. The summed E-state index contributed by atoms with van der Waals surface area (Å²) < 4.78 is 9.20. The number of methoxy groups -OCH3 is 2. The molecule has 0 aliphatic heterocycles. The fourth-order valence-electron chi connectivity index (χ4n) is 0.464. The van der Waals surface area contributed by atoms with E-state index in [0.29, 0.717) is 6.29 Å². The van der Waals surface area contributed by atoms with E-state index in [-0.39, 0.29) is 5.71 Å². The smallest absolute Gasteiger partial charge is 0.207 e. The monoisotopic (exact) mass is 147 g/mol. The zero-order valence-corrected chi connectivity index (χ0v) is 5.77. The van der Waals surface area contributed by atoms with Gasteiger partial charge in [-0.1, -0.05) is 5.16 Å². The molecule has 0 rings (SSSR count). The number of rotatable bonds is 4. The fraction of sp³-hybridized carbons (Fsp3) is 0.600. The molecule has 10 heavy (non-hydrogen) atoms. The SMILES string of the molecule is COC(OC)/C(C=O)=N\O. The maximum absolute atomic E-state index is 10.0. The minimum atomic E-state index is -0.887. The molecule has 0 saturated carbocycles. The Hall–Kier alpha value is -0.940. The zero-order valence-electron chi connectivity index (χ0n) is 5.77. The quantitative estimate of drug-likeness (QED) is 0.194. The molecule has 0 aromatic heterocycles. The molecule has 0 saturated heterocycles. The van der Waals surface area contributed by atoms with Gasteiger partial charge in [-0.3, -0.25) is 4.79 Å². The first-order chi connectivity index (χ1) is 4.79. The topological polar surface area (TPSA) is 68.1 Å². The van der Waals surface area contributed by atoms with Gasteiger partial charge in [0.1, 0.15) is 0 Å². The molecule has 0 aliphatic rings. The first-order valence-corrected chi connectivity index (χ1v) is 2.52. The molecule has 0 fully saturated rings. The highest BCUT2D eigenvalue weighted by molar-refractivity contribution is 6.29. The van der Waals surface area contributed by atoms with Gasteiger partial charge in [0.25, 0.3) is 0 Å². The number of oxime groups is 1. The van der Waals surface area contributed by atoms with Gasteiger partial charge < -0.3 is 14.7 Å². The van der Waals surface area contributed by atoms with Crippen molar-refractivity contribution in [1.29, 1.82) is 0 Å². The summed E-state index contributed by atoms with van der Waals surface area (Å²) in [6, 6.07) is 0. The van der Waals surface area contributed by atoms with Gasteiger partial charge in [0.05, 0.1) is 0 Å². The summed E-state index contributed by atoms with van der Waals surface area (Å²) in [4.78, 5) is 10.0. The minimum Gasteiger partial charge on any atom is -0.410 e. The predicted molar refractivity (Wildman–Crippen MR) is 33.1 cm³/mol. The maximum Gasteiger partial charge on any atom is 0.207 e. The van der Waals surface area contributed by atoms with E-state index in [0.717, 1.165) is 0 Å². The molecule has 0 unspecified atom stereocenters. The minimum absolute atomic E-state index is 0.190. The highest BCUT2D eigenvalue weighted by Crippen LogP contribution is 1.91. The van der Waals surface area contributed by atoms with Gasteiger partial charge in [-0.05, 0) is 0 Å². The Morgan fingerprint density at radius 1 is 1.60 bits per heavy atom. The molecule has 0 amide bonds. The van der Waals surface area contributed by atoms with E-state index in [9.17, 15) is 4.79 Å². The van der Waals surface area contributed by atoms with Crippen molar-refractivity contribution in [3.8, 4) is 0 Å². The molecule has 5 heteroatoms. The molecule has 58 valence electrons. The van der Waals surface area contributed by atoms with Crippen LogP contribution in [0.5, 0.6) is 0 Å². The normalized spacial score (nSPS) is 12.1. The van der Waals surface area contributed by atoms with E-state index in [4.69, 9.17) is 5.21 Å². The summed E-state index contributed by atoms with van der Waals surface area (Å²) in [5, 5.41) is 10.8. The van der Waals surface area contributed by atoms with Crippen molar-refractivity contribution in [2.24, 2.45) is 5.16 Å². The lowest BCUT2D eigenvalue weighted by atomic mass is 10.4. The van der Waals surface area contributed by atoms with Gasteiger partial charge >= 0.3 is 0 Å². The molecule has 0 radical (unpaired) electrons. The third-order valence-electron chi connectivity index (χ3n) is 0.906. The summed E-state index contributed by atoms with van der Waals surface area (Å²) in [7, 11) is 2.67. The van der Waals surface area contributed by atoms with Crippen molar-refractivity contribution in [3.63, 3.8) is 0 Å². The van der Waals surface area contributed by atoms with Gasteiger partial charge in [0.2, 0.25) is 6.29 Å². The average molecular weight is 147 g/mol. The van der Waals surface area contributed by atoms with Gasteiger partial charge in [0.15, 0.2) is 12.0 Å². The second-order valence-electron chi connectivity index (χ2n) is 1.45. The Balaban J connectivity index is 4.10. The van der Waals surface area contributed by atoms with Crippen LogP contribution in [0.3, 0.4) is 0 Å². The molecule has 0 aromatic rings. The number of carbonyl (C=O) groups excluding carboxylic acids is 1. The Bertz CT molecular complexity index is 130. The summed E-state index contributed by atoms with van der Waals surface area (Å²) in [5.41, 5.74) is -0.190. The van der Waals surface area contributed by atoms with Gasteiger partial charge in [0, 0.05) is 14.2 Å². The van der Waals surface area contributed by atoms with E-state index < -0.39 is 6.29 Å². The Morgan fingerprint density at radius 2 is 2.10 bits per heavy atom. The van der Waals surface area contributed by atoms with Crippen molar-refractivity contribution >= 4 is 12.0 Å². The van der Waals surface area contributed by atoms with Crippen LogP contribution in [0.4, 0.5) is 0 Å². The van der Waals surface area contributed by atoms with Crippen LogP contribution in [0.2, 0.25) is 0 Å².